The quantitative estimate of drug-likeness (QED) is 0.568. The molecule has 0 atom stereocenters. The number of halogens is 2. The van der Waals surface area contributed by atoms with E-state index >= 15 is 0 Å². The molecule has 140 valence electrons. The standard InChI is InChI=1S/C17H14F2N4O2S2/c1-25-11-7-5-10(6-8-11)20-16-22-23-17(27-16)26-9-14(24)21-15-12(18)3-2-4-13(15)19/h2-8H,9H2,1H3,(H,20,22)(H,21,24). The summed E-state index contributed by atoms with van der Waals surface area (Å²) in [6.45, 7) is 0. The fourth-order valence-corrected chi connectivity index (χ4v) is 3.61. The summed E-state index contributed by atoms with van der Waals surface area (Å²) in [6.07, 6.45) is 0. The number of ether oxygens (including phenoxy) is 1. The van der Waals surface area contributed by atoms with Crippen LogP contribution < -0.4 is 15.4 Å². The highest BCUT2D eigenvalue weighted by Gasteiger charge is 2.13. The Kier molecular flexibility index (Phi) is 6.20. The molecule has 0 radical (unpaired) electrons. The maximum Gasteiger partial charge on any atom is 0.234 e. The normalized spacial score (nSPS) is 10.5. The van der Waals surface area contributed by atoms with Gasteiger partial charge in [-0.1, -0.05) is 29.2 Å². The molecule has 0 spiro atoms. The summed E-state index contributed by atoms with van der Waals surface area (Å²) in [7, 11) is 1.59. The van der Waals surface area contributed by atoms with E-state index in [0.29, 0.717) is 9.47 Å². The number of hydrogen-bond acceptors (Lipinski definition) is 7. The molecular formula is C17H14F2N4O2S2. The van der Waals surface area contributed by atoms with Crippen molar-refractivity contribution in [3.05, 3.63) is 54.1 Å². The fourth-order valence-electron chi connectivity index (χ4n) is 2.04. The third kappa shape index (κ3) is 5.14. The fraction of sp³-hybridized carbons (Fsp3) is 0.118. The molecule has 0 aliphatic rings. The minimum Gasteiger partial charge on any atom is -0.497 e. The molecule has 0 saturated heterocycles. The van der Waals surface area contributed by atoms with Crippen molar-refractivity contribution in [2.45, 2.75) is 4.34 Å². The van der Waals surface area contributed by atoms with Crippen LogP contribution in [-0.2, 0) is 4.79 Å². The third-order valence-corrected chi connectivity index (χ3v) is 5.27. The second kappa shape index (κ2) is 8.78. The van der Waals surface area contributed by atoms with Gasteiger partial charge in [-0.3, -0.25) is 4.79 Å². The minimum atomic E-state index is -0.824. The van der Waals surface area contributed by atoms with Crippen LogP contribution in [0.4, 0.5) is 25.3 Å². The Morgan fingerprint density at radius 1 is 1.15 bits per heavy atom. The number of nitrogens with one attached hydrogen (secondary N) is 2. The summed E-state index contributed by atoms with van der Waals surface area (Å²) < 4.78 is 32.7. The second-order valence-electron chi connectivity index (χ2n) is 5.16. The van der Waals surface area contributed by atoms with Crippen molar-refractivity contribution in [3.63, 3.8) is 0 Å². The number of methoxy groups -OCH3 is 1. The molecule has 1 heterocycles. The zero-order valence-corrected chi connectivity index (χ0v) is 15.7. The van der Waals surface area contributed by atoms with E-state index in [1.807, 2.05) is 24.3 Å². The highest BCUT2D eigenvalue weighted by atomic mass is 32.2. The number of para-hydroxylation sites is 1. The number of carbonyl (C=O) groups is 1. The number of carbonyl (C=O) groups excluding carboxylic acids is 1. The summed E-state index contributed by atoms with van der Waals surface area (Å²) >= 11 is 2.39. The van der Waals surface area contributed by atoms with E-state index in [0.717, 1.165) is 35.3 Å². The van der Waals surface area contributed by atoms with Crippen LogP contribution in [0.2, 0.25) is 0 Å². The molecule has 0 unspecified atom stereocenters. The van der Waals surface area contributed by atoms with Gasteiger partial charge in [0.25, 0.3) is 0 Å². The molecule has 3 rings (SSSR count). The second-order valence-corrected chi connectivity index (χ2v) is 7.36. The van der Waals surface area contributed by atoms with E-state index in [9.17, 15) is 13.6 Å². The van der Waals surface area contributed by atoms with Gasteiger partial charge in [0.1, 0.15) is 23.1 Å². The highest BCUT2D eigenvalue weighted by molar-refractivity contribution is 8.01. The molecule has 1 aromatic heterocycles. The lowest BCUT2D eigenvalue weighted by molar-refractivity contribution is -0.113. The first-order chi connectivity index (χ1) is 13.0. The van der Waals surface area contributed by atoms with Gasteiger partial charge in [-0.2, -0.15) is 0 Å². The molecule has 2 N–H and O–H groups in total. The number of rotatable bonds is 7. The van der Waals surface area contributed by atoms with E-state index in [-0.39, 0.29) is 5.75 Å². The molecular weight excluding hydrogens is 394 g/mol. The Bertz CT molecular complexity index is 915. The van der Waals surface area contributed by atoms with Gasteiger partial charge in [-0.05, 0) is 36.4 Å². The molecule has 0 aliphatic heterocycles. The van der Waals surface area contributed by atoms with Gasteiger partial charge < -0.3 is 15.4 Å². The number of thioether (sulfide) groups is 1. The minimum absolute atomic E-state index is 0.0507. The maximum atomic E-state index is 13.5. The summed E-state index contributed by atoms with van der Waals surface area (Å²) in [6, 6.07) is 10.7. The molecule has 0 fully saturated rings. The monoisotopic (exact) mass is 408 g/mol. The number of nitrogens with zero attached hydrogens (tertiary/aromatic N) is 2. The van der Waals surface area contributed by atoms with Crippen molar-refractivity contribution in [2.24, 2.45) is 0 Å². The van der Waals surface area contributed by atoms with E-state index in [1.165, 1.54) is 17.4 Å². The first-order valence-electron chi connectivity index (χ1n) is 7.66. The summed E-state index contributed by atoms with van der Waals surface area (Å²) in [5.74, 6) is -1.49. The Morgan fingerprint density at radius 3 is 2.52 bits per heavy atom. The number of aromatic nitrogens is 2. The van der Waals surface area contributed by atoms with Crippen LogP contribution in [-0.4, -0.2) is 29.0 Å². The van der Waals surface area contributed by atoms with Crippen molar-refractivity contribution in [2.75, 3.05) is 23.5 Å². The predicted molar refractivity (Wildman–Crippen MR) is 102 cm³/mol. The Balaban J connectivity index is 1.53. The number of hydrogen-bond donors (Lipinski definition) is 2. The molecule has 0 bridgehead atoms. The molecule has 0 saturated carbocycles. The topological polar surface area (TPSA) is 76.1 Å². The predicted octanol–water partition coefficient (Wildman–Crippen LogP) is 4.30. The van der Waals surface area contributed by atoms with Crippen molar-refractivity contribution in [1.82, 2.24) is 10.2 Å². The maximum absolute atomic E-state index is 13.5. The van der Waals surface area contributed by atoms with Crippen molar-refractivity contribution in [1.29, 1.82) is 0 Å². The van der Waals surface area contributed by atoms with Gasteiger partial charge in [-0.25, -0.2) is 8.78 Å². The van der Waals surface area contributed by atoms with E-state index in [1.54, 1.807) is 7.11 Å². The van der Waals surface area contributed by atoms with Crippen LogP contribution in [0.15, 0.2) is 46.8 Å². The lowest BCUT2D eigenvalue weighted by atomic mass is 10.3. The number of amides is 1. The first-order valence-corrected chi connectivity index (χ1v) is 9.46. The molecule has 3 aromatic rings. The van der Waals surface area contributed by atoms with Gasteiger partial charge >= 0.3 is 0 Å². The number of benzene rings is 2. The molecule has 10 heteroatoms. The zero-order valence-electron chi connectivity index (χ0n) is 14.0. The van der Waals surface area contributed by atoms with Gasteiger partial charge in [-0.15, -0.1) is 10.2 Å². The smallest absolute Gasteiger partial charge is 0.234 e. The largest absolute Gasteiger partial charge is 0.497 e. The summed E-state index contributed by atoms with van der Waals surface area (Å²) in [4.78, 5) is 11.9. The van der Waals surface area contributed by atoms with Gasteiger partial charge in [0.2, 0.25) is 11.0 Å². The highest BCUT2D eigenvalue weighted by Crippen LogP contribution is 2.28. The van der Waals surface area contributed by atoms with Crippen LogP contribution in [0.5, 0.6) is 5.75 Å². The van der Waals surface area contributed by atoms with Crippen LogP contribution in [0.25, 0.3) is 0 Å². The molecule has 6 nitrogen and oxygen atoms in total. The molecule has 2 aromatic carbocycles. The van der Waals surface area contributed by atoms with Crippen molar-refractivity contribution in [3.8, 4) is 5.75 Å². The van der Waals surface area contributed by atoms with Gasteiger partial charge in [0, 0.05) is 5.69 Å². The lowest BCUT2D eigenvalue weighted by Crippen LogP contribution is -2.16. The molecule has 27 heavy (non-hydrogen) atoms. The van der Waals surface area contributed by atoms with Crippen LogP contribution >= 0.6 is 23.1 Å². The van der Waals surface area contributed by atoms with Crippen LogP contribution in [0.3, 0.4) is 0 Å². The number of anilines is 3. The Hall–Kier alpha value is -2.72. The van der Waals surface area contributed by atoms with Crippen molar-refractivity contribution >= 4 is 45.5 Å². The molecule has 0 aliphatic carbocycles. The average Bonchev–Trinajstić information content (AvgIpc) is 3.11. The average molecular weight is 408 g/mol. The van der Waals surface area contributed by atoms with E-state index in [2.05, 4.69) is 20.8 Å². The van der Waals surface area contributed by atoms with Gasteiger partial charge in [0.05, 0.1) is 12.9 Å². The zero-order chi connectivity index (χ0) is 19.2. The van der Waals surface area contributed by atoms with E-state index in [4.69, 9.17) is 4.74 Å². The summed E-state index contributed by atoms with van der Waals surface area (Å²) in [5, 5.41) is 13.9. The summed E-state index contributed by atoms with van der Waals surface area (Å²) in [5.41, 5.74) is 0.360. The van der Waals surface area contributed by atoms with Crippen LogP contribution in [0.1, 0.15) is 0 Å². The van der Waals surface area contributed by atoms with Crippen LogP contribution in [0, 0.1) is 11.6 Å². The molecule has 1 amide bonds. The Labute approximate surface area is 162 Å². The van der Waals surface area contributed by atoms with E-state index < -0.39 is 23.2 Å². The van der Waals surface area contributed by atoms with Gasteiger partial charge in [0.15, 0.2) is 4.34 Å². The lowest BCUT2D eigenvalue weighted by Gasteiger charge is -2.06. The third-order valence-electron chi connectivity index (χ3n) is 3.30. The first kappa shape index (κ1) is 19.1. The SMILES string of the molecule is COc1ccc(Nc2nnc(SCC(=O)Nc3c(F)cccc3F)s2)cc1. The Morgan fingerprint density at radius 2 is 1.85 bits per heavy atom. The van der Waals surface area contributed by atoms with Crippen molar-refractivity contribution < 1.29 is 18.3 Å².